The van der Waals surface area contributed by atoms with E-state index in [1.807, 2.05) is 24.3 Å². The van der Waals surface area contributed by atoms with Crippen LogP contribution in [0.3, 0.4) is 0 Å². The van der Waals surface area contributed by atoms with Crippen LogP contribution in [0.15, 0.2) is 34.9 Å². The summed E-state index contributed by atoms with van der Waals surface area (Å²) >= 11 is 3.49. The fraction of sp³-hybridized carbons (Fsp3) is 0.294. The number of benzene rings is 1. The number of aromatic amines is 1. The third-order valence-electron chi connectivity index (χ3n) is 3.85. The van der Waals surface area contributed by atoms with Crippen LogP contribution in [-0.4, -0.2) is 36.1 Å². The van der Waals surface area contributed by atoms with Crippen LogP contribution in [0, 0.1) is 5.92 Å². The minimum Gasteiger partial charge on any atom is -0.354 e. The minimum absolute atomic E-state index is 0.495. The largest absolute Gasteiger partial charge is 0.354 e. The Morgan fingerprint density at radius 2 is 2.00 bits per heavy atom. The summed E-state index contributed by atoms with van der Waals surface area (Å²) in [5, 5.41) is 10.9. The van der Waals surface area contributed by atoms with Crippen molar-refractivity contribution in [2.75, 3.05) is 17.2 Å². The number of H-pyrrole nitrogens is 1. The first kappa shape index (κ1) is 16.8. The van der Waals surface area contributed by atoms with E-state index in [4.69, 9.17) is 0 Å². The van der Waals surface area contributed by atoms with Gasteiger partial charge in [-0.2, -0.15) is 19.6 Å². The predicted octanol–water partition coefficient (Wildman–Crippen LogP) is 3.44. The van der Waals surface area contributed by atoms with Crippen molar-refractivity contribution in [3.63, 3.8) is 0 Å². The third-order valence-corrected chi connectivity index (χ3v) is 4.41. The van der Waals surface area contributed by atoms with E-state index < -0.39 is 0 Å². The van der Waals surface area contributed by atoms with E-state index in [1.165, 1.54) is 0 Å². The monoisotopic (exact) mass is 414 g/mol. The number of aromatic nitrogens is 6. The van der Waals surface area contributed by atoms with Crippen molar-refractivity contribution in [1.82, 2.24) is 29.5 Å². The zero-order valence-corrected chi connectivity index (χ0v) is 16.1. The molecule has 0 saturated heterocycles. The van der Waals surface area contributed by atoms with Gasteiger partial charge < -0.3 is 15.6 Å². The molecule has 1 aromatic carbocycles. The quantitative estimate of drug-likeness (QED) is 0.447. The molecule has 0 spiro atoms. The van der Waals surface area contributed by atoms with Crippen LogP contribution in [0.1, 0.15) is 19.7 Å². The van der Waals surface area contributed by atoms with Gasteiger partial charge in [-0.05, 0) is 34.0 Å². The molecule has 0 amide bonds. The Balaban J connectivity index is 1.61. The first-order valence-electron chi connectivity index (χ1n) is 8.43. The molecule has 0 aliphatic carbocycles. The third kappa shape index (κ3) is 3.34. The van der Waals surface area contributed by atoms with Gasteiger partial charge in [0.15, 0.2) is 5.65 Å². The van der Waals surface area contributed by atoms with Gasteiger partial charge in [-0.3, -0.25) is 0 Å². The van der Waals surface area contributed by atoms with Crippen LogP contribution < -0.4 is 10.6 Å². The zero-order valence-electron chi connectivity index (χ0n) is 14.5. The minimum atomic E-state index is 0.495. The number of halogens is 1. The van der Waals surface area contributed by atoms with E-state index in [-0.39, 0.29) is 0 Å². The fourth-order valence-electron chi connectivity index (χ4n) is 2.59. The van der Waals surface area contributed by atoms with Gasteiger partial charge in [0.05, 0.1) is 28.2 Å². The van der Waals surface area contributed by atoms with Gasteiger partial charge in [-0.1, -0.05) is 26.0 Å². The van der Waals surface area contributed by atoms with Gasteiger partial charge >= 0.3 is 0 Å². The van der Waals surface area contributed by atoms with Crippen LogP contribution in [-0.2, 0) is 6.54 Å². The summed E-state index contributed by atoms with van der Waals surface area (Å²) in [6.07, 6.45) is 1.71. The molecule has 0 atom stereocenters. The second-order valence-corrected chi connectivity index (χ2v) is 7.28. The normalized spacial score (nSPS) is 11.5. The number of imidazole rings is 1. The Labute approximate surface area is 158 Å². The summed E-state index contributed by atoms with van der Waals surface area (Å²) in [6.45, 7) is 5.58. The molecule has 0 unspecified atom stereocenters. The number of nitrogens with one attached hydrogen (secondary N) is 3. The van der Waals surface area contributed by atoms with Crippen molar-refractivity contribution in [2.24, 2.45) is 5.92 Å². The van der Waals surface area contributed by atoms with E-state index in [2.05, 4.69) is 65.4 Å². The molecular formula is C17H19BrN8. The molecule has 8 nitrogen and oxygen atoms in total. The number of hydrogen-bond donors (Lipinski definition) is 3. The van der Waals surface area contributed by atoms with E-state index in [9.17, 15) is 0 Å². The highest BCUT2D eigenvalue weighted by Crippen LogP contribution is 2.20. The fourth-order valence-corrected chi connectivity index (χ4v) is 2.94. The molecule has 0 fully saturated rings. The van der Waals surface area contributed by atoms with Crippen LogP contribution in [0.5, 0.6) is 0 Å². The van der Waals surface area contributed by atoms with Gasteiger partial charge in [-0.25, -0.2) is 4.98 Å². The number of para-hydroxylation sites is 2. The molecule has 3 aromatic heterocycles. The number of nitrogens with zero attached hydrogens (tertiary/aromatic N) is 5. The Morgan fingerprint density at radius 3 is 2.81 bits per heavy atom. The Bertz CT molecular complexity index is 1020. The zero-order chi connectivity index (χ0) is 18.1. The first-order valence-corrected chi connectivity index (χ1v) is 9.22. The summed E-state index contributed by atoms with van der Waals surface area (Å²) in [6, 6.07) is 7.95. The van der Waals surface area contributed by atoms with Crippen LogP contribution in [0.2, 0.25) is 0 Å². The lowest BCUT2D eigenvalue weighted by molar-refractivity contribution is 0.684. The standard InChI is InChI=1S/C17H19BrN8/c1-10(2)7-19-16-24-15-11(18)8-21-26(15)17(25-16)20-9-14-22-12-5-3-4-6-13(12)23-14/h3-6,8,10H,7,9H2,1-2H3,(H,22,23)(H2,19,20,24,25). The highest BCUT2D eigenvalue weighted by Gasteiger charge is 2.12. The molecule has 4 rings (SSSR count). The molecule has 3 heterocycles. The van der Waals surface area contributed by atoms with Crippen LogP contribution >= 0.6 is 15.9 Å². The van der Waals surface area contributed by atoms with E-state index >= 15 is 0 Å². The highest BCUT2D eigenvalue weighted by molar-refractivity contribution is 9.10. The second-order valence-electron chi connectivity index (χ2n) is 6.43. The number of hydrogen-bond acceptors (Lipinski definition) is 6. The van der Waals surface area contributed by atoms with E-state index in [1.54, 1.807) is 10.7 Å². The number of anilines is 2. The summed E-state index contributed by atoms with van der Waals surface area (Å²) in [4.78, 5) is 17.0. The smallest absolute Gasteiger partial charge is 0.229 e. The lowest BCUT2D eigenvalue weighted by Gasteiger charge is -2.11. The molecule has 9 heteroatoms. The van der Waals surface area contributed by atoms with Crippen molar-refractivity contribution in [1.29, 1.82) is 0 Å². The maximum atomic E-state index is 4.58. The number of fused-ring (bicyclic) bond motifs is 2. The molecule has 0 radical (unpaired) electrons. The maximum Gasteiger partial charge on any atom is 0.229 e. The van der Waals surface area contributed by atoms with Gasteiger partial charge in [0.1, 0.15) is 5.82 Å². The van der Waals surface area contributed by atoms with Crippen molar-refractivity contribution >= 4 is 44.5 Å². The second kappa shape index (κ2) is 6.91. The maximum absolute atomic E-state index is 4.58. The van der Waals surface area contributed by atoms with Crippen molar-refractivity contribution in [3.05, 3.63) is 40.8 Å². The summed E-state index contributed by atoms with van der Waals surface area (Å²) in [7, 11) is 0. The Hall–Kier alpha value is -2.68. The van der Waals surface area contributed by atoms with Crippen molar-refractivity contribution in [3.8, 4) is 0 Å². The molecule has 0 aliphatic rings. The molecule has 134 valence electrons. The molecule has 0 saturated carbocycles. The molecule has 0 bridgehead atoms. The molecular weight excluding hydrogens is 396 g/mol. The average Bonchev–Trinajstić information content (AvgIpc) is 3.21. The van der Waals surface area contributed by atoms with Gasteiger partial charge in [0.2, 0.25) is 11.9 Å². The topological polar surface area (TPSA) is 95.8 Å². The Morgan fingerprint density at radius 1 is 1.15 bits per heavy atom. The van der Waals surface area contributed by atoms with Crippen LogP contribution in [0.25, 0.3) is 16.7 Å². The summed E-state index contributed by atoms with van der Waals surface area (Å²) in [5.74, 6) is 2.50. The number of rotatable bonds is 6. The van der Waals surface area contributed by atoms with Gasteiger partial charge in [0.25, 0.3) is 0 Å². The SMILES string of the molecule is CC(C)CNc1nc(NCc2nc3ccccc3[nH]2)n2ncc(Br)c2n1. The summed E-state index contributed by atoms with van der Waals surface area (Å²) < 4.78 is 2.49. The van der Waals surface area contributed by atoms with E-state index in [0.717, 1.165) is 27.9 Å². The van der Waals surface area contributed by atoms with Crippen molar-refractivity contribution < 1.29 is 0 Å². The Kier molecular flexibility index (Phi) is 4.46. The lowest BCUT2D eigenvalue weighted by atomic mass is 10.2. The summed E-state index contributed by atoms with van der Waals surface area (Å²) in [5.41, 5.74) is 2.66. The highest BCUT2D eigenvalue weighted by atomic mass is 79.9. The molecule has 4 aromatic rings. The van der Waals surface area contributed by atoms with Crippen molar-refractivity contribution in [2.45, 2.75) is 20.4 Å². The first-order chi connectivity index (χ1) is 12.6. The van der Waals surface area contributed by atoms with Gasteiger partial charge in [-0.15, -0.1) is 0 Å². The average molecular weight is 415 g/mol. The molecule has 3 N–H and O–H groups in total. The van der Waals surface area contributed by atoms with Gasteiger partial charge in [0, 0.05) is 6.54 Å². The predicted molar refractivity (Wildman–Crippen MR) is 105 cm³/mol. The van der Waals surface area contributed by atoms with Crippen LogP contribution in [0.4, 0.5) is 11.9 Å². The molecule has 0 aliphatic heterocycles. The molecule has 26 heavy (non-hydrogen) atoms. The van der Waals surface area contributed by atoms with E-state index in [0.29, 0.717) is 30.0 Å². The lowest BCUT2D eigenvalue weighted by Crippen LogP contribution is -2.15.